The average molecular weight is 196 g/mol. The van der Waals surface area contributed by atoms with Crippen molar-refractivity contribution in [3.8, 4) is 0 Å². The minimum atomic E-state index is -0.365. The van der Waals surface area contributed by atoms with E-state index in [1.807, 2.05) is 6.92 Å². The third-order valence-corrected chi connectivity index (χ3v) is 4.09. The number of amides is 1. The van der Waals surface area contributed by atoms with Crippen molar-refractivity contribution in [3.05, 3.63) is 0 Å². The van der Waals surface area contributed by atoms with Crippen molar-refractivity contribution < 1.29 is 4.79 Å². The molecule has 1 amide bonds. The van der Waals surface area contributed by atoms with E-state index in [-0.39, 0.29) is 11.4 Å². The second-order valence-electron chi connectivity index (χ2n) is 4.79. The molecule has 0 aromatic heterocycles. The molecule has 0 saturated heterocycles. The molecule has 0 aromatic carbocycles. The number of carbonyl (C=O) groups is 1. The van der Waals surface area contributed by atoms with Crippen molar-refractivity contribution >= 4 is 5.91 Å². The molecule has 3 fully saturated rings. The summed E-state index contributed by atoms with van der Waals surface area (Å²) in [6.45, 7) is 2.89. The van der Waals surface area contributed by atoms with Crippen LogP contribution in [0.25, 0.3) is 0 Å². The molecular formula is C11H20N2O. The Hall–Kier alpha value is -0.570. The molecule has 0 aliphatic heterocycles. The maximum absolute atomic E-state index is 11.6. The van der Waals surface area contributed by atoms with Gasteiger partial charge in [-0.3, -0.25) is 4.79 Å². The summed E-state index contributed by atoms with van der Waals surface area (Å²) in [5, 5.41) is 3.35. The SMILES string of the molecule is CCNC1(C(N)=O)CC2CCC1CC2. The van der Waals surface area contributed by atoms with E-state index in [1.165, 1.54) is 25.7 Å². The fourth-order valence-electron chi connectivity index (χ4n) is 3.40. The fourth-order valence-corrected chi connectivity index (χ4v) is 3.40. The van der Waals surface area contributed by atoms with E-state index >= 15 is 0 Å². The maximum atomic E-state index is 11.6. The Morgan fingerprint density at radius 3 is 2.43 bits per heavy atom. The van der Waals surface area contributed by atoms with Crippen LogP contribution in [0.5, 0.6) is 0 Å². The molecule has 0 spiro atoms. The summed E-state index contributed by atoms with van der Waals surface area (Å²) >= 11 is 0. The predicted molar refractivity (Wildman–Crippen MR) is 55.7 cm³/mol. The van der Waals surface area contributed by atoms with Crippen LogP contribution in [-0.2, 0) is 4.79 Å². The molecule has 3 rings (SSSR count). The number of rotatable bonds is 3. The number of nitrogens with one attached hydrogen (secondary N) is 1. The Balaban J connectivity index is 2.22. The molecule has 3 N–H and O–H groups in total. The van der Waals surface area contributed by atoms with Crippen LogP contribution >= 0.6 is 0 Å². The smallest absolute Gasteiger partial charge is 0.238 e. The first kappa shape index (κ1) is 9.97. The Morgan fingerprint density at radius 1 is 1.43 bits per heavy atom. The monoisotopic (exact) mass is 196 g/mol. The van der Waals surface area contributed by atoms with Crippen molar-refractivity contribution in [2.45, 2.75) is 44.6 Å². The average Bonchev–Trinajstić information content (AvgIpc) is 2.19. The van der Waals surface area contributed by atoms with Crippen molar-refractivity contribution in [1.29, 1.82) is 0 Å². The summed E-state index contributed by atoms with van der Waals surface area (Å²) < 4.78 is 0. The number of hydrogen-bond acceptors (Lipinski definition) is 2. The summed E-state index contributed by atoms with van der Waals surface area (Å²) in [4.78, 5) is 11.6. The van der Waals surface area contributed by atoms with Crippen LogP contribution in [0.2, 0.25) is 0 Å². The first-order valence-electron chi connectivity index (χ1n) is 5.74. The molecule has 80 valence electrons. The highest BCUT2D eigenvalue weighted by Crippen LogP contribution is 2.47. The fraction of sp³-hybridized carbons (Fsp3) is 0.909. The van der Waals surface area contributed by atoms with Gasteiger partial charge in [-0.1, -0.05) is 19.8 Å². The van der Waals surface area contributed by atoms with E-state index in [1.54, 1.807) is 0 Å². The highest BCUT2D eigenvalue weighted by atomic mass is 16.1. The number of likely N-dealkylation sites (N-methyl/N-ethyl adjacent to an activating group) is 1. The Kier molecular flexibility index (Phi) is 2.52. The molecule has 3 saturated carbocycles. The molecule has 1 atom stereocenters. The Morgan fingerprint density at radius 2 is 2.07 bits per heavy atom. The summed E-state index contributed by atoms with van der Waals surface area (Å²) in [5.74, 6) is 1.09. The summed E-state index contributed by atoms with van der Waals surface area (Å²) in [7, 11) is 0. The third kappa shape index (κ3) is 1.34. The number of fused-ring (bicyclic) bond motifs is 3. The topological polar surface area (TPSA) is 55.1 Å². The van der Waals surface area contributed by atoms with Gasteiger partial charge < -0.3 is 11.1 Å². The van der Waals surface area contributed by atoms with Crippen molar-refractivity contribution in [1.82, 2.24) is 5.32 Å². The minimum Gasteiger partial charge on any atom is -0.368 e. The van der Waals surface area contributed by atoms with Crippen LogP contribution in [0.3, 0.4) is 0 Å². The normalized spacial score (nSPS) is 41.2. The summed E-state index contributed by atoms with van der Waals surface area (Å²) in [5.41, 5.74) is 5.21. The molecule has 14 heavy (non-hydrogen) atoms. The van der Waals surface area contributed by atoms with Crippen molar-refractivity contribution in [2.24, 2.45) is 17.6 Å². The summed E-state index contributed by atoms with van der Waals surface area (Å²) in [6, 6.07) is 0. The Labute approximate surface area is 85.4 Å². The largest absolute Gasteiger partial charge is 0.368 e. The molecular weight excluding hydrogens is 176 g/mol. The van der Waals surface area contributed by atoms with Crippen LogP contribution < -0.4 is 11.1 Å². The lowest BCUT2D eigenvalue weighted by atomic mass is 9.60. The lowest BCUT2D eigenvalue weighted by molar-refractivity contribution is -0.131. The molecule has 3 heteroatoms. The molecule has 3 aliphatic carbocycles. The first-order valence-corrected chi connectivity index (χ1v) is 5.74. The van der Waals surface area contributed by atoms with Gasteiger partial charge in [-0.05, 0) is 37.6 Å². The van der Waals surface area contributed by atoms with Gasteiger partial charge in [-0.2, -0.15) is 0 Å². The van der Waals surface area contributed by atoms with Gasteiger partial charge in [0.1, 0.15) is 5.54 Å². The predicted octanol–water partition coefficient (Wildman–Crippen LogP) is 1.03. The Bertz CT molecular complexity index is 233. The number of carbonyl (C=O) groups excluding carboxylic acids is 1. The van der Waals surface area contributed by atoms with E-state index in [0.29, 0.717) is 5.92 Å². The zero-order chi connectivity index (χ0) is 10.2. The van der Waals surface area contributed by atoms with Gasteiger partial charge in [0.15, 0.2) is 0 Å². The minimum absolute atomic E-state index is 0.131. The lowest BCUT2D eigenvalue weighted by Gasteiger charge is -2.50. The number of hydrogen-bond donors (Lipinski definition) is 2. The van der Waals surface area contributed by atoms with Crippen LogP contribution in [0.1, 0.15) is 39.0 Å². The van der Waals surface area contributed by atoms with Gasteiger partial charge >= 0.3 is 0 Å². The van der Waals surface area contributed by atoms with Crippen LogP contribution in [0.4, 0.5) is 0 Å². The lowest BCUT2D eigenvalue weighted by Crippen LogP contribution is -2.64. The second-order valence-corrected chi connectivity index (χ2v) is 4.79. The zero-order valence-corrected chi connectivity index (χ0v) is 8.88. The van der Waals surface area contributed by atoms with E-state index < -0.39 is 0 Å². The quantitative estimate of drug-likeness (QED) is 0.708. The van der Waals surface area contributed by atoms with E-state index in [4.69, 9.17) is 5.73 Å². The standard InChI is InChI=1S/C11H20N2O/c1-2-13-11(10(12)14)7-8-3-5-9(11)6-4-8/h8-9,13H,2-7H2,1H3,(H2,12,14). The molecule has 2 bridgehead atoms. The van der Waals surface area contributed by atoms with Gasteiger partial charge in [-0.25, -0.2) is 0 Å². The number of nitrogens with two attached hydrogens (primary N) is 1. The van der Waals surface area contributed by atoms with Crippen LogP contribution in [0.15, 0.2) is 0 Å². The number of primary amides is 1. The van der Waals surface area contributed by atoms with Crippen LogP contribution in [-0.4, -0.2) is 18.0 Å². The zero-order valence-electron chi connectivity index (χ0n) is 8.88. The molecule has 3 nitrogen and oxygen atoms in total. The molecule has 0 aromatic rings. The third-order valence-electron chi connectivity index (χ3n) is 4.09. The second kappa shape index (κ2) is 3.54. The van der Waals surface area contributed by atoms with Gasteiger partial charge in [-0.15, -0.1) is 0 Å². The molecule has 0 radical (unpaired) electrons. The van der Waals surface area contributed by atoms with Gasteiger partial charge in [0, 0.05) is 0 Å². The maximum Gasteiger partial charge on any atom is 0.238 e. The van der Waals surface area contributed by atoms with Gasteiger partial charge in [0.25, 0.3) is 0 Å². The molecule has 1 unspecified atom stereocenters. The van der Waals surface area contributed by atoms with Gasteiger partial charge in [0.05, 0.1) is 0 Å². The first-order chi connectivity index (χ1) is 6.69. The van der Waals surface area contributed by atoms with Crippen molar-refractivity contribution in [2.75, 3.05) is 6.54 Å². The highest BCUT2D eigenvalue weighted by molar-refractivity contribution is 5.85. The van der Waals surface area contributed by atoms with Crippen molar-refractivity contribution in [3.63, 3.8) is 0 Å². The molecule has 0 heterocycles. The van der Waals surface area contributed by atoms with Gasteiger partial charge in [0.2, 0.25) is 5.91 Å². The van der Waals surface area contributed by atoms with E-state index in [9.17, 15) is 4.79 Å². The van der Waals surface area contributed by atoms with E-state index in [0.717, 1.165) is 18.9 Å². The highest BCUT2D eigenvalue weighted by Gasteiger charge is 2.50. The summed E-state index contributed by atoms with van der Waals surface area (Å²) in [6.07, 6.45) is 5.93. The van der Waals surface area contributed by atoms with E-state index in [2.05, 4.69) is 5.32 Å². The van der Waals surface area contributed by atoms with Crippen LogP contribution in [0, 0.1) is 11.8 Å². The molecule has 3 aliphatic rings.